The lowest BCUT2D eigenvalue weighted by Gasteiger charge is -2.11. The van der Waals surface area contributed by atoms with Crippen LogP contribution in [0.2, 0.25) is 0 Å². The van der Waals surface area contributed by atoms with E-state index < -0.39 is 0 Å². The molecule has 0 aliphatic carbocycles. The van der Waals surface area contributed by atoms with Crippen molar-refractivity contribution in [3.05, 3.63) is 0 Å². The highest BCUT2D eigenvalue weighted by atomic mass is 32.2. The average molecular weight is 599 g/mol. The van der Waals surface area contributed by atoms with Crippen LogP contribution in [0.3, 0.4) is 0 Å². The van der Waals surface area contributed by atoms with Crippen LogP contribution in [0.1, 0.15) is 226 Å². The van der Waals surface area contributed by atoms with Gasteiger partial charge >= 0.3 is 0 Å². The highest BCUT2D eigenvalue weighted by Gasteiger charge is 2.03. The molecule has 242 valence electrons. The molecule has 0 bridgehead atoms. The third-order valence-corrected chi connectivity index (χ3v) is 11.5. The van der Waals surface area contributed by atoms with Crippen molar-refractivity contribution in [2.45, 2.75) is 231 Å². The molecular weight excluding hydrogens is 521 g/mol. The first-order valence-electron chi connectivity index (χ1n) is 19.0. The van der Waals surface area contributed by atoms with Gasteiger partial charge in [0.25, 0.3) is 0 Å². The third-order valence-electron chi connectivity index (χ3n) is 8.70. The van der Waals surface area contributed by atoms with Gasteiger partial charge in [0.05, 0.1) is 0 Å². The predicted octanol–water partition coefficient (Wildman–Crippen LogP) is 15.3. The molecule has 0 N–H and O–H groups in total. The molecule has 0 rings (SSSR count). The van der Waals surface area contributed by atoms with Gasteiger partial charge in [0.2, 0.25) is 0 Å². The van der Waals surface area contributed by atoms with Crippen LogP contribution in [-0.4, -0.2) is 16.1 Å². The molecule has 40 heavy (non-hydrogen) atoms. The Morgan fingerprint density at radius 2 is 0.450 bits per heavy atom. The van der Waals surface area contributed by atoms with E-state index in [1.165, 1.54) is 217 Å². The van der Waals surface area contributed by atoms with Crippen molar-refractivity contribution in [3.8, 4) is 0 Å². The molecule has 0 spiro atoms. The van der Waals surface area contributed by atoms with E-state index in [1.807, 2.05) is 0 Å². The van der Waals surface area contributed by atoms with Crippen molar-refractivity contribution < 1.29 is 0 Å². The van der Waals surface area contributed by atoms with Gasteiger partial charge in [0.1, 0.15) is 0 Å². The largest absolute Gasteiger partial charge is 0.148 e. The summed E-state index contributed by atoms with van der Waals surface area (Å²) in [5.41, 5.74) is 0. The fourth-order valence-corrected chi connectivity index (χ4v) is 8.21. The van der Waals surface area contributed by atoms with Crippen molar-refractivity contribution in [1.29, 1.82) is 0 Å². The van der Waals surface area contributed by atoms with Crippen LogP contribution in [-0.2, 0) is 0 Å². The molecule has 0 radical (unpaired) electrons. The maximum Gasteiger partial charge on any atom is 0.0474 e. The first-order valence-corrected chi connectivity index (χ1v) is 21.1. The van der Waals surface area contributed by atoms with Crippen LogP contribution < -0.4 is 0 Å². The number of rotatable bonds is 36. The average Bonchev–Trinajstić information content (AvgIpc) is 2.96. The standard InChI is InChI=1S/C38H78S2/c1-4-6-8-10-12-14-16-18-20-22-24-26-28-30-32-34-36-39-38(3)40-37-35-33-31-29-27-25-23-21-19-17-15-13-11-9-7-5-2/h38H,4-37H2,1-3H3. The van der Waals surface area contributed by atoms with Crippen molar-refractivity contribution >= 4 is 23.5 Å². The van der Waals surface area contributed by atoms with Crippen molar-refractivity contribution in [2.24, 2.45) is 0 Å². The van der Waals surface area contributed by atoms with E-state index in [0.29, 0.717) is 0 Å². The molecule has 0 unspecified atom stereocenters. The second kappa shape index (κ2) is 37.7. The SMILES string of the molecule is CCCCCCCCCCCCCCCCCCSC(C)SCCCCCCCCCCCCCCCCCC. The Balaban J connectivity index is 3.13. The Hall–Kier alpha value is 0.700. The third kappa shape index (κ3) is 36.7. The number of thioether (sulfide) groups is 2. The molecule has 0 atom stereocenters. The molecule has 0 aromatic carbocycles. The maximum absolute atomic E-state index is 2.44. The molecule has 0 aliphatic rings. The van der Waals surface area contributed by atoms with Crippen molar-refractivity contribution in [1.82, 2.24) is 0 Å². The lowest BCUT2D eigenvalue weighted by atomic mass is 10.0. The summed E-state index contributed by atoms with van der Waals surface area (Å²) in [6.07, 6.45) is 47.0. The van der Waals surface area contributed by atoms with Crippen molar-refractivity contribution in [2.75, 3.05) is 11.5 Å². The molecule has 0 aromatic heterocycles. The summed E-state index contributed by atoms with van der Waals surface area (Å²) < 4.78 is 0.799. The molecule has 0 aliphatic heterocycles. The minimum atomic E-state index is 0.799. The monoisotopic (exact) mass is 599 g/mol. The van der Waals surface area contributed by atoms with E-state index in [9.17, 15) is 0 Å². The zero-order valence-corrected chi connectivity index (χ0v) is 30.1. The normalized spacial score (nSPS) is 11.7. The van der Waals surface area contributed by atoms with E-state index in [0.717, 1.165) is 4.58 Å². The second-order valence-corrected chi connectivity index (χ2v) is 16.1. The summed E-state index contributed by atoms with van der Waals surface area (Å²) in [7, 11) is 0. The molecule has 0 amide bonds. The Labute approximate surface area is 264 Å². The summed E-state index contributed by atoms with van der Waals surface area (Å²) in [5, 5.41) is 0. The topological polar surface area (TPSA) is 0 Å². The van der Waals surface area contributed by atoms with E-state index in [-0.39, 0.29) is 0 Å². The van der Waals surface area contributed by atoms with E-state index >= 15 is 0 Å². The maximum atomic E-state index is 2.44. The Morgan fingerprint density at radius 1 is 0.275 bits per heavy atom. The van der Waals surface area contributed by atoms with Gasteiger partial charge in [-0.25, -0.2) is 0 Å². The molecule has 0 nitrogen and oxygen atoms in total. The molecule has 2 heteroatoms. The molecule has 0 saturated carbocycles. The second-order valence-electron chi connectivity index (χ2n) is 12.9. The Morgan fingerprint density at radius 3 is 0.650 bits per heavy atom. The van der Waals surface area contributed by atoms with E-state index in [4.69, 9.17) is 0 Å². The summed E-state index contributed by atoms with van der Waals surface area (Å²) in [4.78, 5) is 0. The highest BCUT2D eigenvalue weighted by Crippen LogP contribution is 2.26. The van der Waals surface area contributed by atoms with Crippen LogP contribution in [0.5, 0.6) is 0 Å². The quantitative estimate of drug-likeness (QED) is 0.0519. The van der Waals surface area contributed by atoms with Gasteiger partial charge in [0.15, 0.2) is 0 Å². The fraction of sp³-hybridized carbons (Fsp3) is 1.00. The summed E-state index contributed by atoms with van der Waals surface area (Å²) in [5.74, 6) is 2.76. The van der Waals surface area contributed by atoms with E-state index in [1.54, 1.807) is 0 Å². The molecule has 0 aromatic rings. The zero-order chi connectivity index (χ0) is 29.0. The van der Waals surface area contributed by atoms with Crippen LogP contribution >= 0.6 is 23.5 Å². The van der Waals surface area contributed by atoms with Crippen LogP contribution in [0, 0.1) is 0 Å². The first-order chi connectivity index (χ1) is 19.8. The highest BCUT2D eigenvalue weighted by molar-refractivity contribution is 8.16. The first kappa shape index (κ1) is 40.7. The van der Waals surface area contributed by atoms with Gasteiger partial charge in [-0.3, -0.25) is 0 Å². The van der Waals surface area contributed by atoms with Gasteiger partial charge < -0.3 is 0 Å². The Kier molecular flexibility index (Phi) is 38.4. The number of unbranched alkanes of at least 4 members (excludes halogenated alkanes) is 30. The van der Waals surface area contributed by atoms with Gasteiger partial charge in [-0.1, -0.05) is 206 Å². The predicted molar refractivity (Wildman–Crippen MR) is 193 cm³/mol. The van der Waals surface area contributed by atoms with Crippen molar-refractivity contribution in [3.63, 3.8) is 0 Å². The molecular formula is C38H78S2. The van der Waals surface area contributed by atoms with E-state index in [2.05, 4.69) is 44.3 Å². The number of hydrogen-bond donors (Lipinski definition) is 0. The molecule has 0 heterocycles. The summed E-state index contributed by atoms with van der Waals surface area (Å²) in [6.45, 7) is 7.06. The van der Waals surface area contributed by atoms with Gasteiger partial charge in [0, 0.05) is 4.58 Å². The summed E-state index contributed by atoms with van der Waals surface area (Å²) >= 11 is 4.43. The van der Waals surface area contributed by atoms with Crippen LogP contribution in [0.15, 0.2) is 0 Å². The lowest BCUT2D eigenvalue weighted by molar-refractivity contribution is 0.531. The Bertz CT molecular complexity index is 386. The fourth-order valence-electron chi connectivity index (χ4n) is 5.85. The zero-order valence-electron chi connectivity index (χ0n) is 28.4. The minimum Gasteiger partial charge on any atom is -0.148 e. The molecule has 0 fully saturated rings. The van der Waals surface area contributed by atoms with Gasteiger partial charge in [-0.15, -0.1) is 23.5 Å². The van der Waals surface area contributed by atoms with Crippen LogP contribution in [0.25, 0.3) is 0 Å². The van der Waals surface area contributed by atoms with Gasteiger partial charge in [-0.2, -0.15) is 0 Å². The number of hydrogen-bond acceptors (Lipinski definition) is 2. The van der Waals surface area contributed by atoms with Gasteiger partial charge in [-0.05, 0) is 31.3 Å². The smallest absolute Gasteiger partial charge is 0.0474 e. The molecule has 0 saturated heterocycles. The van der Waals surface area contributed by atoms with Crippen LogP contribution in [0.4, 0.5) is 0 Å². The minimum absolute atomic E-state index is 0.799. The summed E-state index contributed by atoms with van der Waals surface area (Å²) in [6, 6.07) is 0. The lowest BCUT2D eigenvalue weighted by Crippen LogP contribution is -1.94.